The van der Waals surface area contributed by atoms with Gasteiger partial charge < -0.3 is 15.0 Å². The van der Waals surface area contributed by atoms with Gasteiger partial charge in [0.25, 0.3) is 10.0 Å². The lowest BCUT2D eigenvalue weighted by Gasteiger charge is -2.33. The number of nitrogens with one attached hydrogen (secondary N) is 1. The fourth-order valence-corrected chi connectivity index (χ4v) is 5.65. The number of carbonyl (C=O) groups excluding carboxylic acids is 2. The molecule has 40 heavy (non-hydrogen) atoms. The highest BCUT2D eigenvalue weighted by atomic mass is 32.2. The monoisotopic (exact) mass is 565 g/mol. The largest absolute Gasteiger partial charge is 0.497 e. The van der Waals surface area contributed by atoms with Gasteiger partial charge in [-0.2, -0.15) is 0 Å². The number of hydrogen-bond donors (Lipinski definition) is 1. The van der Waals surface area contributed by atoms with Crippen molar-refractivity contribution in [2.75, 3.05) is 24.5 Å². The molecule has 3 aromatic rings. The van der Waals surface area contributed by atoms with Crippen LogP contribution in [0.15, 0.2) is 83.8 Å². The van der Waals surface area contributed by atoms with Crippen LogP contribution in [0.5, 0.6) is 5.75 Å². The molecule has 1 N–H and O–H groups in total. The average molecular weight is 566 g/mol. The number of sulfonamides is 1. The van der Waals surface area contributed by atoms with Crippen LogP contribution in [0.25, 0.3) is 0 Å². The summed E-state index contributed by atoms with van der Waals surface area (Å²) < 4.78 is 34.1. The van der Waals surface area contributed by atoms with E-state index in [1.54, 1.807) is 36.4 Å². The van der Waals surface area contributed by atoms with Gasteiger partial charge in [-0.3, -0.25) is 13.9 Å². The van der Waals surface area contributed by atoms with E-state index >= 15 is 0 Å². The van der Waals surface area contributed by atoms with Crippen molar-refractivity contribution in [3.05, 3.63) is 90.0 Å². The molecule has 0 fully saturated rings. The lowest BCUT2D eigenvalue weighted by Crippen LogP contribution is -2.52. The fraction of sp³-hybridized carbons (Fsp3) is 0.355. The molecule has 3 rings (SSSR count). The van der Waals surface area contributed by atoms with Crippen LogP contribution in [-0.4, -0.2) is 51.4 Å². The van der Waals surface area contributed by atoms with Gasteiger partial charge in [-0.15, -0.1) is 0 Å². The number of amides is 2. The van der Waals surface area contributed by atoms with Crippen molar-refractivity contribution < 1.29 is 22.7 Å². The normalized spacial score (nSPS) is 12.1. The van der Waals surface area contributed by atoms with Crippen molar-refractivity contribution in [2.45, 2.75) is 51.6 Å². The molecule has 214 valence electrons. The molecule has 0 unspecified atom stereocenters. The lowest BCUT2D eigenvalue weighted by molar-refractivity contribution is -0.140. The van der Waals surface area contributed by atoms with E-state index in [-0.39, 0.29) is 23.3 Å². The molecular formula is C31H39N3O5S. The SMILES string of the molecule is CC[C@H](C(=O)NCC(C)C)N(Cc1ccccc1)C(=O)CN(c1ccc(C)cc1)S(=O)(=O)c1ccc(OC)cc1. The van der Waals surface area contributed by atoms with Gasteiger partial charge in [0.1, 0.15) is 18.3 Å². The molecule has 0 bridgehead atoms. The van der Waals surface area contributed by atoms with Gasteiger partial charge in [-0.05, 0) is 61.2 Å². The lowest BCUT2D eigenvalue weighted by atomic mass is 10.1. The van der Waals surface area contributed by atoms with Gasteiger partial charge in [0.15, 0.2) is 0 Å². The molecular weight excluding hydrogens is 526 g/mol. The van der Waals surface area contributed by atoms with Gasteiger partial charge in [0, 0.05) is 13.1 Å². The minimum Gasteiger partial charge on any atom is -0.497 e. The third-order valence-corrected chi connectivity index (χ3v) is 8.30. The molecule has 9 heteroatoms. The molecule has 3 aromatic carbocycles. The minimum atomic E-state index is -4.14. The van der Waals surface area contributed by atoms with Crippen molar-refractivity contribution in [1.82, 2.24) is 10.2 Å². The Hall–Kier alpha value is -3.85. The van der Waals surface area contributed by atoms with Crippen LogP contribution in [0.4, 0.5) is 5.69 Å². The Morgan fingerprint density at radius 3 is 2.10 bits per heavy atom. The standard InChI is InChI=1S/C31H39N3O5S/c1-6-29(31(36)32-20-23(2)3)33(21-25-10-8-7-9-11-25)30(35)22-34(26-14-12-24(4)13-15-26)40(37,38)28-18-16-27(39-5)17-19-28/h7-19,23,29H,6,20-22H2,1-5H3,(H,32,36)/t29-/m1/s1. The first-order valence-electron chi connectivity index (χ1n) is 13.4. The van der Waals surface area contributed by atoms with E-state index in [0.29, 0.717) is 24.4 Å². The van der Waals surface area contributed by atoms with Crippen LogP contribution in [-0.2, 0) is 26.2 Å². The number of benzene rings is 3. The highest BCUT2D eigenvalue weighted by Gasteiger charge is 2.33. The van der Waals surface area contributed by atoms with Gasteiger partial charge >= 0.3 is 0 Å². The number of methoxy groups -OCH3 is 1. The van der Waals surface area contributed by atoms with E-state index in [1.165, 1.54) is 24.1 Å². The Balaban J connectivity index is 2.02. The van der Waals surface area contributed by atoms with Crippen LogP contribution >= 0.6 is 0 Å². The molecule has 0 heterocycles. The Kier molecular flexibility index (Phi) is 10.7. The molecule has 0 aromatic heterocycles. The second-order valence-electron chi connectivity index (χ2n) is 10.1. The van der Waals surface area contributed by atoms with Crippen LogP contribution in [0.3, 0.4) is 0 Å². The van der Waals surface area contributed by atoms with E-state index < -0.39 is 28.5 Å². The molecule has 1 atom stereocenters. The maximum absolute atomic E-state index is 14.0. The van der Waals surface area contributed by atoms with Crippen LogP contribution in [0.2, 0.25) is 0 Å². The summed E-state index contributed by atoms with van der Waals surface area (Å²) in [6.07, 6.45) is 0.373. The summed E-state index contributed by atoms with van der Waals surface area (Å²) in [6.45, 7) is 7.91. The molecule has 0 aliphatic rings. The smallest absolute Gasteiger partial charge is 0.264 e. The molecule has 8 nitrogen and oxygen atoms in total. The molecule has 0 saturated carbocycles. The molecule has 0 radical (unpaired) electrons. The van der Waals surface area contributed by atoms with Gasteiger partial charge in [-0.1, -0.05) is 68.8 Å². The summed E-state index contributed by atoms with van der Waals surface area (Å²) in [7, 11) is -2.63. The molecule has 0 saturated heterocycles. The van der Waals surface area contributed by atoms with Crippen molar-refractivity contribution in [3.8, 4) is 5.75 Å². The highest BCUT2D eigenvalue weighted by molar-refractivity contribution is 7.92. The average Bonchev–Trinajstić information content (AvgIpc) is 2.95. The molecule has 0 spiro atoms. The second kappa shape index (κ2) is 14.0. The van der Waals surface area contributed by atoms with Crippen molar-refractivity contribution in [3.63, 3.8) is 0 Å². The topological polar surface area (TPSA) is 96.0 Å². The number of carbonyl (C=O) groups is 2. The summed E-state index contributed by atoms with van der Waals surface area (Å²) in [5, 5.41) is 2.94. The fourth-order valence-electron chi connectivity index (χ4n) is 4.24. The zero-order valence-electron chi connectivity index (χ0n) is 23.8. The van der Waals surface area contributed by atoms with Gasteiger partial charge in [0.2, 0.25) is 11.8 Å². The van der Waals surface area contributed by atoms with E-state index in [9.17, 15) is 18.0 Å². The second-order valence-corrected chi connectivity index (χ2v) is 12.0. The van der Waals surface area contributed by atoms with E-state index in [0.717, 1.165) is 15.4 Å². The first-order valence-corrected chi connectivity index (χ1v) is 14.8. The Morgan fingerprint density at radius 2 is 1.55 bits per heavy atom. The third kappa shape index (κ3) is 7.85. The number of ether oxygens (including phenoxy) is 1. The zero-order valence-corrected chi connectivity index (χ0v) is 24.6. The summed E-state index contributed by atoms with van der Waals surface area (Å²) in [6, 6.07) is 21.6. The number of rotatable bonds is 13. The first kappa shape index (κ1) is 30.7. The maximum atomic E-state index is 14.0. The Morgan fingerprint density at radius 1 is 0.925 bits per heavy atom. The quantitative estimate of drug-likeness (QED) is 0.322. The highest BCUT2D eigenvalue weighted by Crippen LogP contribution is 2.26. The Labute approximate surface area is 238 Å². The van der Waals surface area contributed by atoms with Crippen molar-refractivity contribution >= 4 is 27.5 Å². The number of anilines is 1. The van der Waals surface area contributed by atoms with Crippen molar-refractivity contribution in [1.29, 1.82) is 0 Å². The van der Waals surface area contributed by atoms with Crippen LogP contribution in [0.1, 0.15) is 38.3 Å². The van der Waals surface area contributed by atoms with E-state index in [2.05, 4.69) is 5.32 Å². The summed E-state index contributed by atoms with van der Waals surface area (Å²) in [4.78, 5) is 28.8. The van der Waals surface area contributed by atoms with Gasteiger partial charge in [0.05, 0.1) is 17.7 Å². The summed E-state index contributed by atoms with van der Waals surface area (Å²) in [5.41, 5.74) is 2.15. The zero-order chi connectivity index (χ0) is 29.3. The minimum absolute atomic E-state index is 0.0259. The number of aryl methyl sites for hydroxylation is 1. The van der Waals surface area contributed by atoms with Crippen molar-refractivity contribution in [2.24, 2.45) is 5.92 Å². The summed E-state index contributed by atoms with van der Waals surface area (Å²) >= 11 is 0. The van der Waals surface area contributed by atoms with Crippen LogP contribution < -0.4 is 14.4 Å². The van der Waals surface area contributed by atoms with Crippen LogP contribution in [0, 0.1) is 12.8 Å². The Bertz CT molecular complexity index is 1360. The summed E-state index contributed by atoms with van der Waals surface area (Å²) in [5.74, 6) is 0.0176. The number of nitrogens with zero attached hydrogens (tertiary/aromatic N) is 2. The molecule has 0 aliphatic heterocycles. The van der Waals surface area contributed by atoms with E-state index in [4.69, 9.17) is 4.74 Å². The number of hydrogen-bond acceptors (Lipinski definition) is 5. The predicted molar refractivity (Wildman–Crippen MR) is 158 cm³/mol. The van der Waals surface area contributed by atoms with E-state index in [1.807, 2.05) is 58.0 Å². The van der Waals surface area contributed by atoms with Gasteiger partial charge in [-0.25, -0.2) is 8.42 Å². The third-order valence-electron chi connectivity index (χ3n) is 6.51. The first-order chi connectivity index (χ1) is 19.1. The predicted octanol–water partition coefficient (Wildman–Crippen LogP) is 4.78. The molecule has 0 aliphatic carbocycles. The molecule has 2 amide bonds. The maximum Gasteiger partial charge on any atom is 0.264 e.